The number of nitrogens with one attached hydrogen (secondary N) is 1. The minimum atomic E-state index is -0.466. The highest BCUT2D eigenvalue weighted by Crippen LogP contribution is 2.15. The van der Waals surface area contributed by atoms with Crippen LogP contribution in [0.2, 0.25) is 0 Å². The van der Waals surface area contributed by atoms with Gasteiger partial charge in [-0.1, -0.05) is 12.1 Å². The number of benzene rings is 2. The highest BCUT2D eigenvalue weighted by atomic mass is 19.1. The summed E-state index contributed by atoms with van der Waals surface area (Å²) in [6, 6.07) is 11.4. The first kappa shape index (κ1) is 14.0. The first-order valence-electron chi connectivity index (χ1n) is 6.08. The summed E-state index contributed by atoms with van der Waals surface area (Å²) in [7, 11) is 0. The van der Waals surface area contributed by atoms with Crippen molar-refractivity contribution in [2.45, 2.75) is 6.42 Å². The van der Waals surface area contributed by atoms with Gasteiger partial charge in [-0.15, -0.1) is 0 Å². The molecule has 2 aromatic carbocycles. The molecule has 0 aromatic heterocycles. The van der Waals surface area contributed by atoms with Crippen LogP contribution in [-0.4, -0.2) is 12.5 Å². The Bertz CT molecular complexity index is 585. The minimum absolute atomic E-state index is 0.0635. The molecule has 104 valence electrons. The molecule has 0 atom stereocenters. The van der Waals surface area contributed by atoms with Crippen LogP contribution in [0.25, 0.3) is 0 Å². The van der Waals surface area contributed by atoms with Crippen LogP contribution in [-0.2, 0) is 4.79 Å². The van der Waals surface area contributed by atoms with E-state index in [1.165, 1.54) is 36.4 Å². The lowest BCUT2D eigenvalue weighted by atomic mass is 10.3. The topological polar surface area (TPSA) is 38.3 Å². The van der Waals surface area contributed by atoms with Crippen LogP contribution < -0.4 is 10.1 Å². The normalized spacial score (nSPS) is 10.1. The molecule has 0 aliphatic carbocycles. The van der Waals surface area contributed by atoms with Crippen molar-refractivity contribution >= 4 is 11.6 Å². The molecule has 3 nitrogen and oxygen atoms in total. The van der Waals surface area contributed by atoms with E-state index >= 15 is 0 Å². The number of halogens is 2. The monoisotopic (exact) mass is 277 g/mol. The highest BCUT2D eigenvalue weighted by Gasteiger charge is 2.05. The van der Waals surface area contributed by atoms with Crippen LogP contribution in [0, 0.1) is 11.6 Å². The molecule has 0 fully saturated rings. The molecule has 0 aliphatic heterocycles. The molecule has 0 saturated heterocycles. The smallest absolute Gasteiger partial charge is 0.227 e. The Morgan fingerprint density at radius 3 is 2.45 bits per heavy atom. The van der Waals surface area contributed by atoms with Crippen LogP contribution in [0.4, 0.5) is 14.5 Å². The summed E-state index contributed by atoms with van der Waals surface area (Å²) in [5.74, 6) is -1.01. The van der Waals surface area contributed by atoms with Crippen LogP contribution in [0.1, 0.15) is 6.42 Å². The van der Waals surface area contributed by atoms with Crippen molar-refractivity contribution < 1.29 is 18.3 Å². The molecule has 0 bridgehead atoms. The van der Waals surface area contributed by atoms with Gasteiger partial charge in [0.15, 0.2) is 11.6 Å². The lowest BCUT2D eigenvalue weighted by Crippen LogP contribution is -2.15. The summed E-state index contributed by atoms with van der Waals surface area (Å²) >= 11 is 0. The Kier molecular flexibility index (Phi) is 4.65. The number of ether oxygens (including phenoxy) is 1. The van der Waals surface area contributed by atoms with Gasteiger partial charge in [0.05, 0.1) is 13.0 Å². The number of hydrogen-bond donors (Lipinski definition) is 1. The van der Waals surface area contributed by atoms with Gasteiger partial charge in [0.1, 0.15) is 5.82 Å². The predicted octanol–water partition coefficient (Wildman–Crippen LogP) is 3.37. The fourth-order valence-electron chi connectivity index (χ4n) is 1.57. The molecule has 1 N–H and O–H groups in total. The summed E-state index contributed by atoms with van der Waals surface area (Å²) in [5.41, 5.74) is 0.502. The zero-order chi connectivity index (χ0) is 14.4. The maximum atomic E-state index is 13.2. The molecule has 0 heterocycles. The fourth-order valence-corrected chi connectivity index (χ4v) is 1.57. The fraction of sp³-hybridized carbons (Fsp3) is 0.133. The standard InChI is InChI=1S/C15H13F2NO2/c16-11-5-7-12(8-6-11)18-15(19)9-10-20-14-4-2-1-3-13(14)17/h1-8H,9-10H2,(H,18,19). The van der Waals surface area contributed by atoms with Gasteiger partial charge in [-0.2, -0.15) is 0 Å². The van der Waals surface area contributed by atoms with Gasteiger partial charge in [-0.3, -0.25) is 4.79 Å². The van der Waals surface area contributed by atoms with E-state index < -0.39 is 5.82 Å². The van der Waals surface area contributed by atoms with Crippen LogP contribution in [0.3, 0.4) is 0 Å². The molecule has 0 saturated carbocycles. The number of carbonyl (C=O) groups is 1. The first-order valence-corrected chi connectivity index (χ1v) is 6.08. The third-order valence-corrected chi connectivity index (χ3v) is 2.55. The average molecular weight is 277 g/mol. The predicted molar refractivity (Wildman–Crippen MR) is 71.5 cm³/mol. The van der Waals surface area contributed by atoms with E-state index in [-0.39, 0.29) is 30.5 Å². The van der Waals surface area contributed by atoms with E-state index in [1.54, 1.807) is 12.1 Å². The molecule has 0 aliphatic rings. The lowest BCUT2D eigenvalue weighted by Gasteiger charge is -2.07. The van der Waals surface area contributed by atoms with Crippen molar-refractivity contribution in [1.82, 2.24) is 0 Å². The van der Waals surface area contributed by atoms with E-state index in [4.69, 9.17) is 4.74 Å². The molecule has 1 amide bonds. The van der Waals surface area contributed by atoms with E-state index in [0.717, 1.165) is 0 Å². The van der Waals surface area contributed by atoms with Crippen LogP contribution in [0.15, 0.2) is 48.5 Å². The second-order valence-corrected chi connectivity index (χ2v) is 4.08. The van der Waals surface area contributed by atoms with Crippen molar-refractivity contribution in [3.63, 3.8) is 0 Å². The SMILES string of the molecule is O=C(CCOc1ccccc1F)Nc1ccc(F)cc1. The van der Waals surface area contributed by atoms with Gasteiger partial charge in [-0.05, 0) is 36.4 Å². The highest BCUT2D eigenvalue weighted by molar-refractivity contribution is 5.90. The molecule has 2 rings (SSSR count). The largest absolute Gasteiger partial charge is 0.490 e. The van der Waals surface area contributed by atoms with Crippen LogP contribution in [0.5, 0.6) is 5.75 Å². The van der Waals surface area contributed by atoms with Crippen molar-refractivity contribution in [3.05, 3.63) is 60.2 Å². The summed E-state index contributed by atoms with van der Waals surface area (Å²) in [4.78, 5) is 11.6. The minimum Gasteiger partial charge on any atom is -0.490 e. The second-order valence-electron chi connectivity index (χ2n) is 4.08. The van der Waals surface area contributed by atoms with Gasteiger partial charge in [-0.25, -0.2) is 8.78 Å². The van der Waals surface area contributed by atoms with Gasteiger partial charge in [0, 0.05) is 5.69 Å². The zero-order valence-corrected chi connectivity index (χ0v) is 10.6. The van der Waals surface area contributed by atoms with Crippen molar-refractivity contribution in [2.24, 2.45) is 0 Å². The Labute approximate surface area is 115 Å². The number of hydrogen-bond acceptors (Lipinski definition) is 2. The molecular formula is C15H13F2NO2. The molecule has 20 heavy (non-hydrogen) atoms. The van der Waals surface area contributed by atoms with Gasteiger partial charge in [0.25, 0.3) is 0 Å². The third-order valence-electron chi connectivity index (χ3n) is 2.55. The maximum absolute atomic E-state index is 13.2. The number of amides is 1. The summed E-state index contributed by atoms with van der Waals surface area (Å²) < 4.78 is 31.1. The Hall–Kier alpha value is -2.43. The summed E-state index contributed by atoms with van der Waals surface area (Å²) in [6.07, 6.45) is 0.0751. The quantitative estimate of drug-likeness (QED) is 0.910. The Morgan fingerprint density at radius 2 is 1.75 bits per heavy atom. The molecule has 0 spiro atoms. The molecule has 0 unspecified atom stereocenters. The maximum Gasteiger partial charge on any atom is 0.227 e. The summed E-state index contributed by atoms with van der Waals surface area (Å²) in [5, 5.41) is 2.59. The Morgan fingerprint density at radius 1 is 1.05 bits per heavy atom. The summed E-state index contributed by atoms with van der Waals surface area (Å²) in [6.45, 7) is 0.0635. The third kappa shape index (κ3) is 4.05. The number of anilines is 1. The zero-order valence-electron chi connectivity index (χ0n) is 10.6. The van der Waals surface area contributed by atoms with Crippen molar-refractivity contribution in [2.75, 3.05) is 11.9 Å². The Balaban J connectivity index is 1.78. The van der Waals surface area contributed by atoms with E-state index in [0.29, 0.717) is 5.69 Å². The molecule has 0 radical (unpaired) electrons. The van der Waals surface area contributed by atoms with E-state index in [9.17, 15) is 13.6 Å². The van der Waals surface area contributed by atoms with Gasteiger partial charge >= 0.3 is 0 Å². The lowest BCUT2D eigenvalue weighted by molar-refractivity contribution is -0.116. The van der Waals surface area contributed by atoms with Crippen molar-refractivity contribution in [3.8, 4) is 5.75 Å². The average Bonchev–Trinajstić information content (AvgIpc) is 2.43. The number of para-hydroxylation sites is 1. The van der Waals surface area contributed by atoms with E-state index in [1.807, 2.05) is 0 Å². The first-order chi connectivity index (χ1) is 9.65. The number of rotatable bonds is 5. The van der Waals surface area contributed by atoms with Crippen LogP contribution >= 0.6 is 0 Å². The molecule has 5 heteroatoms. The van der Waals surface area contributed by atoms with Crippen molar-refractivity contribution in [1.29, 1.82) is 0 Å². The number of carbonyl (C=O) groups excluding carboxylic acids is 1. The molecule has 2 aromatic rings. The second kappa shape index (κ2) is 6.65. The van der Waals surface area contributed by atoms with E-state index in [2.05, 4.69) is 5.32 Å². The molecular weight excluding hydrogens is 264 g/mol. The van der Waals surface area contributed by atoms with Gasteiger partial charge < -0.3 is 10.1 Å². The van der Waals surface area contributed by atoms with Gasteiger partial charge in [0.2, 0.25) is 5.91 Å².